The van der Waals surface area contributed by atoms with Crippen molar-refractivity contribution in [2.45, 2.75) is 45.8 Å². The Morgan fingerprint density at radius 3 is 2.18 bits per heavy atom. The van der Waals surface area contributed by atoms with Gasteiger partial charge in [-0.25, -0.2) is 8.42 Å². The summed E-state index contributed by atoms with van der Waals surface area (Å²) in [5, 5.41) is 3.28. The maximum atomic E-state index is 14.0. The molecule has 0 unspecified atom stereocenters. The average Bonchev–Trinajstić information content (AvgIpc) is 2.84. The average molecular weight is 556 g/mol. The Morgan fingerprint density at radius 1 is 0.921 bits per heavy atom. The SMILES string of the molecule is Cc1cccc(CN(C(=O)CN(c2cccc(Cl)c2)S(C)(=O)=O)[C@H](Cc2ccccc2)C(=O)NC(C)C)c1. The van der Waals surface area contributed by atoms with E-state index in [4.69, 9.17) is 11.6 Å². The molecule has 3 rings (SSSR count). The number of nitrogens with one attached hydrogen (secondary N) is 1. The molecule has 9 heteroatoms. The van der Waals surface area contributed by atoms with E-state index in [9.17, 15) is 18.0 Å². The highest BCUT2D eigenvalue weighted by atomic mass is 35.5. The summed E-state index contributed by atoms with van der Waals surface area (Å²) in [5.41, 5.74) is 3.00. The number of amides is 2. The first-order valence-electron chi connectivity index (χ1n) is 12.4. The number of hydrogen-bond donors (Lipinski definition) is 1. The van der Waals surface area contributed by atoms with Crippen LogP contribution in [0.1, 0.15) is 30.5 Å². The molecule has 1 atom stereocenters. The molecule has 0 aliphatic heterocycles. The van der Waals surface area contributed by atoms with Gasteiger partial charge >= 0.3 is 0 Å². The standard InChI is InChI=1S/C29H34ClN3O4S/c1-21(2)31-29(35)27(17-23-11-6-5-7-12-23)32(19-24-13-8-10-22(3)16-24)28(34)20-33(38(4,36)37)26-15-9-14-25(30)18-26/h5-16,18,21,27H,17,19-20H2,1-4H3,(H,31,35)/t27-/m1/s1. The number of rotatable bonds is 11. The van der Waals surface area contributed by atoms with Gasteiger partial charge in [-0.3, -0.25) is 13.9 Å². The molecule has 0 saturated carbocycles. The molecular weight excluding hydrogens is 522 g/mol. The van der Waals surface area contributed by atoms with Gasteiger partial charge in [-0.15, -0.1) is 0 Å². The van der Waals surface area contributed by atoms with Crippen molar-refractivity contribution in [1.29, 1.82) is 0 Å². The number of halogens is 1. The summed E-state index contributed by atoms with van der Waals surface area (Å²) in [6.07, 6.45) is 1.31. The lowest BCUT2D eigenvalue weighted by atomic mass is 10.0. The van der Waals surface area contributed by atoms with Crippen LogP contribution in [0.5, 0.6) is 0 Å². The third-order valence-electron chi connectivity index (χ3n) is 5.91. The maximum absolute atomic E-state index is 14.0. The monoisotopic (exact) mass is 555 g/mol. The quantitative estimate of drug-likeness (QED) is 0.375. The van der Waals surface area contributed by atoms with Crippen LogP contribution in [0.2, 0.25) is 5.02 Å². The van der Waals surface area contributed by atoms with Gasteiger partial charge in [0.15, 0.2) is 0 Å². The first kappa shape index (κ1) is 29.2. The molecule has 0 radical (unpaired) electrons. The first-order chi connectivity index (χ1) is 17.9. The van der Waals surface area contributed by atoms with Gasteiger partial charge in [0.25, 0.3) is 0 Å². The molecule has 7 nitrogen and oxygen atoms in total. The number of aryl methyl sites for hydroxylation is 1. The minimum absolute atomic E-state index is 0.136. The smallest absolute Gasteiger partial charge is 0.244 e. The molecule has 38 heavy (non-hydrogen) atoms. The second-order valence-electron chi connectivity index (χ2n) is 9.63. The molecule has 2 amide bonds. The molecule has 0 saturated heterocycles. The van der Waals surface area contributed by atoms with Crippen LogP contribution in [-0.2, 0) is 32.6 Å². The van der Waals surface area contributed by atoms with Gasteiger partial charge in [-0.2, -0.15) is 0 Å². The number of benzene rings is 3. The minimum atomic E-state index is -3.84. The van der Waals surface area contributed by atoms with E-state index in [0.717, 1.165) is 27.3 Å². The van der Waals surface area contributed by atoms with Crippen molar-refractivity contribution in [2.24, 2.45) is 0 Å². The van der Waals surface area contributed by atoms with E-state index in [1.165, 1.54) is 11.0 Å². The van der Waals surface area contributed by atoms with E-state index in [-0.39, 0.29) is 30.6 Å². The van der Waals surface area contributed by atoms with Crippen molar-refractivity contribution in [3.63, 3.8) is 0 Å². The molecule has 0 aliphatic rings. The second kappa shape index (κ2) is 12.9. The van der Waals surface area contributed by atoms with Crippen molar-refractivity contribution in [1.82, 2.24) is 10.2 Å². The molecule has 0 heterocycles. The summed E-state index contributed by atoms with van der Waals surface area (Å²) in [6.45, 7) is 5.32. The largest absolute Gasteiger partial charge is 0.352 e. The summed E-state index contributed by atoms with van der Waals surface area (Å²) in [4.78, 5) is 29.0. The zero-order valence-electron chi connectivity index (χ0n) is 22.1. The third kappa shape index (κ3) is 8.33. The lowest BCUT2D eigenvalue weighted by molar-refractivity contribution is -0.140. The summed E-state index contributed by atoms with van der Waals surface area (Å²) in [7, 11) is -3.84. The van der Waals surface area contributed by atoms with Crippen LogP contribution in [0.4, 0.5) is 5.69 Å². The van der Waals surface area contributed by atoms with Gasteiger partial charge in [-0.1, -0.05) is 77.8 Å². The lowest BCUT2D eigenvalue weighted by Crippen LogP contribution is -2.54. The summed E-state index contributed by atoms with van der Waals surface area (Å²) < 4.78 is 26.6. The fourth-order valence-corrected chi connectivity index (χ4v) is 5.21. The van der Waals surface area contributed by atoms with E-state index < -0.39 is 28.5 Å². The van der Waals surface area contributed by atoms with Crippen LogP contribution in [0, 0.1) is 6.92 Å². The number of nitrogens with zero attached hydrogens (tertiary/aromatic N) is 2. The van der Waals surface area contributed by atoms with E-state index in [1.54, 1.807) is 18.2 Å². The number of hydrogen-bond acceptors (Lipinski definition) is 4. The summed E-state index contributed by atoms with van der Waals surface area (Å²) in [5.74, 6) is -0.810. The highest BCUT2D eigenvalue weighted by Crippen LogP contribution is 2.23. The normalized spacial score (nSPS) is 12.2. The Balaban J connectivity index is 2.06. The first-order valence-corrected chi connectivity index (χ1v) is 14.6. The summed E-state index contributed by atoms with van der Waals surface area (Å²) in [6, 6.07) is 22.4. The minimum Gasteiger partial charge on any atom is -0.352 e. The van der Waals surface area contributed by atoms with Gasteiger partial charge in [0, 0.05) is 24.0 Å². The van der Waals surface area contributed by atoms with Crippen molar-refractivity contribution in [3.05, 3.63) is 101 Å². The number of carbonyl (C=O) groups is 2. The van der Waals surface area contributed by atoms with Crippen molar-refractivity contribution >= 4 is 39.1 Å². The van der Waals surface area contributed by atoms with Crippen molar-refractivity contribution in [2.75, 3.05) is 17.1 Å². The van der Waals surface area contributed by atoms with Crippen LogP contribution in [-0.4, -0.2) is 50.0 Å². The number of anilines is 1. The maximum Gasteiger partial charge on any atom is 0.244 e. The van der Waals surface area contributed by atoms with E-state index in [0.29, 0.717) is 5.02 Å². The number of carbonyl (C=O) groups excluding carboxylic acids is 2. The van der Waals surface area contributed by atoms with Gasteiger partial charge in [0.05, 0.1) is 11.9 Å². The Bertz CT molecular complexity index is 1360. The Hall–Kier alpha value is -3.36. The second-order valence-corrected chi connectivity index (χ2v) is 12.0. The predicted octanol–water partition coefficient (Wildman–Crippen LogP) is 4.58. The van der Waals surface area contributed by atoms with Crippen LogP contribution in [0.3, 0.4) is 0 Å². The Kier molecular flexibility index (Phi) is 9.94. The van der Waals surface area contributed by atoms with Gasteiger partial charge in [0.1, 0.15) is 12.6 Å². The zero-order chi connectivity index (χ0) is 27.9. The topological polar surface area (TPSA) is 86.8 Å². The highest BCUT2D eigenvalue weighted by Gasteiger charge is 2.33. The molecule has 3 aromatic rings. The highest BCUT2D eigenvalue weighted by molar-refractivity contribution is 7.92. The predicted molar refractivity (Wildman–Crippen MR) is 153 cm³/mol. The summed E-state index contributed by atoms with van der Waals surface area (Å²) >= 11 is 6.12. The molecular formula is C29H34ClN3O4S. The van der Waals surface area contributed by atoms with E-state index in [1.807, 2.05) is 75.4 Å². The molecule has 202 valence electrons. The Labute approximate surface area is 230 Å². The number of sulfonamides is 1. The molecule has 0 aliphatic carbocycles. The van der Waals surface area contributed by atoms with Crippen LogP contribution in [0.15, 0.2) is 78.9 Å². The zero-order valence-corrected chi connectivity index (χ0v) is 23.7. The molecule has 3 aromatic carbocycles. The van der Waals surface area contributed by atoms with Gasteiger partial charge in [-0.05, 0) is 50.1 Å². The van der Waals surface area contributed by atoms with Crippen LogP contribution < -0.4 is 9.62 Å². The molecule has 0 spiro atoms. The van der Waals surface area contributed by atoms with Crippen LogP contribution in [0.25, 0.3) is 0 Å². The van der Waals surface area contributed by atoms with Gasteiger partial charge < -0.3 is 10.2 Å². The van der Waals surface area contributed by atoms with Crippen LogP contribution >= 0.6 is 11.6 Å². The lowest BCUT2D eigenvalue weighted by Gasteiger charge is -2.34. The van der Waals surface area contributed by atoms with Crippen molar-refractivity contribution in [3.8, 4) is 0 Å². The fourth-order valence-electron chi connectivity index (χ4n) is 4.19. The van der Waals surface area contributed by atoms with Crippen molar-refractivity contribution < 1.29 is 18.0 Å². The molecule has 0 fully saturated rings. The third-order valence-corrected chi connectivity index (χ3v) is 7.29. The molecule has 0 aromatic heterocycles. The molecule has 1 N–H and O–H groups in total. The van der Waals surface area contributed by atoms with Gasteiger partial charge in [0.2, 0.25) is 21.8 Å². The fraction of sp³-hybridized carbons (Fsp3) is 0.310. The van der Waals surface area contributed by atoms with E-state index in [2.05, 4.69) is 5.32 Å². The van der Waals surface area contributed by atoms with E-state index >= 15 is 0 Å². The molecule has 0 bridgehead atoms. The Morgan fingerprint density at radius 2 is 1.58 bits per heavy atom.